The van der Waals surface area contributed by atoms with Gasteiger partial charge in [-0.2, -0.15) is 0 Å². The average Bonchev–Trinajstić information content (AvgIpc) is 2.18. The second-order valence-electron chi connectivity index (χ2n) is 2.92. The highest BCUT2D eigenvalue weighted by atomic mass is 35.5. The number of rotatable bonds is 4. The van der Waals surface area contributed by atoms with Gasteiger partial charge >= 0.3 is 0 Å². The fourth-order valence-corrected chi connectivity index (χ4v) is 1.42. The number of nitrogens with two attached hydrogens (primary N) is 1. The first-order valence-electron chi connectivity index (χ1n) is 4.67. The van der Waals surface area contributed by atoms with Crippen molar-refractivity contribution < 1.29 is 4.79 Å². The van der Waals surface area contributed by atoms with Gasteiger partial charge in [-0.15, -0.1) is 0 Å². The highest BCUT2D eigenvalue weighted by Gasteiger charge is 2.10. The molecule has 0 aliphatic carbocycles. The van der Waals surface area contributed by atoms with Gasteiger partial charge in [0.15, 0.2) is 0 Å². The molecule has 0 unspecified atom stereocenters. The molecular formula is C9H13ClN4O. The molecule has 82 valence electrons. The maximum atomic E-state index is 11.0. The maximum absolute atomic E-state index is 11.0. The summed E-state index contributed by atoms with van der Waals surface area (Å²) in [6.45, 7) is 5.54. The third-order valence-corrected chi connectivity index (χ3v) is 2.19. The van der Waals surface area contributed by atoms with Crippen LogP contribution in [0.3, 0.4) is 0 Å². The molecular weight excluding hydrogens is 216 g/mol. The molecule has 0 saturated carbocycles. The van der Waals surface area contributed by atoms with Crippen molar-refractivity contribution in [3.63, 3.8) is 0 Å². The molecule has 5 nitrogen and oxygen atoms in total. The van der Waals surface area contributed by atoms with E-state index in [1.807, 2.05) is 18.7 Å². The van der Waals surface area contributed by atoms with Crippen LogP contribution >= 0.6 is 11.6 Å². The summed E-state index contributed by atoms with van der Waals surface area (Å²) in [5.74, 6) is 0.0153. The first-order valence-corrected chi connectivity index (χ1v) is 5.05. The second-order valence-corrected chi connectivity index (χ2v) is 3.26. The number of primary amides is 1. The van der Waals surface area contributed by atoms with Gasteiger partial charge in [0.05, 0.1) is 0 Å². The Kier molecular flexibility index (Phi) is 3.85. The molecule has 0 aliphatic heterocycles. The van der Waals surface area contributed by atoms with Gasteiger partial charge in [-0.05, 0) is 25.4 Å². The van der Waals surface area contributed by atoms with Crippen LogP contribution in [0.15, 0.2) is 6.07 Å². The fourth-order valence-electron chi connectivity index (χ4n) is 1.24. The standard InChI is InChI=1S/C9H13ClN4O/c1-3-14(4-2)7-5-6(8(11)15)12-9(10)13-7/h5H,3-4H2,1-2H3,(H2,11,15). The molecule has 0 fully saturated rings. The number of halogens is 1. The summed E-state index contributed by atoms with van der Waals surface area (Å²) >= 11 is 5.70. The van der Waals surface area contributed by atoms with Crippen LogP contribution in [0.2, 0.25) is 5.28 Å². The number of carbonyl (C=O) groups is 1. The van der Waals surface area contributed by atoms with Crippen molar-refractivity contribution in [2.75, 3.05) is 18.0 Å². The first kappa shape index (κ1) is 11.7. The summed E-state index contributed by atoms with van der Waals surface area (Å²) in [6.07, 6.45) is 0. The Balaban J connectivity index is 3.13. The van der Waals surface area contributed by atoms with Crippen molar-refractivity contribution in [1.29, 1.82) is 0 Å². The lowest BCUT2D eigenvalue weighted by atomic mass is 10.3. The van der Waals surface area contributed by atoms with E-state index in [4.69, 9.17) is 17.3 Å². The van der Waals surface area contributed by atoms with Crippen LogP contribution in [0.5, 0.6) is 0 Å². The van der Waals surface area contributed by atoms with E-state index in [2.05, 4.69) is 9.97 Å². The molecule has 0 radical (unpaired) electrons. The number of amides is 1. The van der Waals surface area contributed by atoms with Crippen LogP contribution in [0.4, 0.5) is 5.82 Å². The minimum absolute atomic E-state index is 0.0354. The fraction of sp³-hybridized carbons (Fsp3) is 0.444. The van der Waals surface area contributed by atoms with Crippen LogP contribution in [0, 0.1) is 0 Å². The van der Waals surface area contributed by atoms with E-state index < -0.39 is 5.91 Å². The molecule has 1 aromatic heterocycles. The lowest BCUT2D eigenvalue weighted by Crippen LogP contribution is -2.24. The number of carbonyl (C=O) groups excluding carboxylic acids is 1. The van der Waals surface area contributed by atoms with Crippen molar-refractivity contribution in [3.05, 3.63) is 17.0 Å². The van der Waals surface area contributed by atoms with E-state index in [9.17, 15) is 4.79 Å². The third-order valence-electron chi connectivity index (χ3n) is 2.03. The normalized spacial score (nSPS) is 10.1. The van der Waals surface area contributed by atoms with E-state index in [1.54, 1.807) is 6.07 Å². The van der Waals surface area contributed by atoms with Crippen molar-refractivity contribution in [2.45, 2.75) is 13.8 Å². The highest BCUT2D eigenvalue weighted by Crippen LogP contribution is 2.14. The molecule has 0 aliphatic rings. The van der Waals surface area contributed by atoms with Crippen LogP contribution in [0.25, 0.3) is 0 Å². The zero-order chi connectivity index (χ0) is 11.4. The predicted octanol–water partition coefficient (Wildman–Crippen LogP) is 1.08. The van der Waals surface area contributed by atoms with Crippen LogP contribution in [-0.4, -0.2) is 29.0 Å². The smallest absolute Gasteiger partial charge is 0.267 e. The molecule has 1 aromatic rings. The molecule has 0 spiro atoms. The summed E-state index contributed by atoms with van der Waals surface area (Å²) in [5, 5.41) is 0.0354. The summed E-state index contributed by atoms with van der Waals surface area (Å²) in [6, 6.07) is 1.54. The first-order chi connectivity index (χ1) is 7.08. The van der Waals surface area contributed by atoms with Gasteiger partial charge in [-0.25, -0.2) is 9.97 Å². The molecule has 0 aromatic carbocycles. The Bertz CT molecular complexity index is 365. The molecule has 0 atom stereocenters. The van der Waals surface area contributed by atoms with Gasteiger partial charge in [0.25, 0.3) is 5.91 Å². The summed E-state index contributed by atoms with van der Waals surface area (Å²) in [7, 11) is 0. The van der Waals surface area contributed by atoms with Gasteiger partial charge < -0.3 is 10.6 Å². The molecule has 15 heavy (non-hydrogen) atoms. The van der Waals surface area contributed by atoms with Crippen molar-refractivity contribution >= 4 is 23.3 Å². The number of aromatic nitrogens is 2. The van der Waals surface area contributed by atoms with Crippen LogP contribution < -0.4 is 10.6 Å². The topological polar surface area (TPSA) is 72.1 Å². The number of nitrogens with zero attached hydrogens (tertiary/aromatic N) is 3. The van der Waals surface area contributed by atoms with E-state index in [1.165, 1.54) is 0 Å². The number of hydrogen-bond donors (Lipinski definition) is 1. The van der Waals surface area contributed by atoms with E-state index in [-0.39, 0.29) is 11.0 Å². The third kappa shape index (κ3) is 2.79. The van der Waals surface area contributed by atoms with Crippen LogP contribution in [0.1, 0.15) is 24.3 Å². The van der Waals surface area contributed by atoms with Gasteiger partial charge in [-0.1, -0.05) is 0 Å². The Labute approximate surface area is 93.3 Å². The van der Waals surface area contributed by atoms with Crippen LogP contribution in [-0.2, 0) is 0 Å². The quantitative estimate of drug-likeness (QED) is 0.783. The minimum atomic E-state index is -0.604. The van der Waals surface area contributed by atoms with Gasteiger partial charge in [-0.3, -0.25) is 4.79 Å². The number of hydrogen-bond acceptors (Lipinski definition) is 4. The van der Waals surface area contributed by atoms with Crippen molar-refractivity contribution in [1.82, 2.24) is 9.97 Å². The van der Waals surface area contributed by atoms with Gasteiger partial charge in [0.1, 0.15) is 11.5 Å². The minimum Gasteiger partial charge on any atom is -0.364 e. The Morgan fingerprint density at radius 1 is 1.47 bits per heavy atom. The monoisotopic (exact) mass is 228 g/mol. The van der Waals surface area contributed by atoms with Gasteiger partial charge in [0, 0.05) is 19.2 Å². The number of anilines is 1. The largest absolute Gasteiger partial charge is 0.364 e. The summed E-state index contributed by atoms with van der Waals surface area (Å²) in [4.78, 5) is 20.7. The second kappa shape index (κ2) is 4.93. The molecule has 1 rings (SSSR count). The van der Waals surface area contributed by atoms with Crippen molar-refractivity contribution in [2.24, 2.45) is 5.73 Å². The van der Waals surface area contributed by atoms with E-state index in [0.717, 1.165) is 13.1 Å². The Morgan fingerprint density at radius 3 is 2.53 bits per heavy atom. The lowest BCUT2D eigenvalue weighted by Gasteiger charge is -2.19. The molecule has 6 heteroatoms. The zero-order valence-corrected chi connectivity index (χ0v) is 9.45. The zero-order valence-electron chi connectivity index (χ0n) is 8.70. The maximum Gasteiger partial charge on any atom is 0.267 e. The summed E-state index contributed by atoms with van der Waals surface area (Å²) in [5.41, 5.74) is 5.26. The molecule has 0 saturated heterocycles. The summed E-state index contributed by atoms with van der Waals surface area (Å²) < 4.78 is 0. The molecule has 0 bridgehead atoms. The van der Waals surface area contributed by atoms with E-state index in [0.29, 0.717) is 5.82 Å². The lowest BCUT2D eigenvalue weighted by molar-refractivity contribution is 0.0995. The van der Waals surface area contributed by atoms with Crippen molar-refractivity contribution in [3.8, 4) is 0 Å². The SMILES string of the molecule is CCN(CC)c1cc(C(N)=O)nc(Cl)n1. The Morgan fingerprint density at radius 2 is 2.07 bits per heavy atom. The predicted molar refractivity (Wildman–Crippen MR) is 59.1 cm³/mol. The Hall–Kier alpha value is -1.36. The molecule has 2 N–H and O–H groups in total. The van der Waals surface area contributed by atoms with Gasteiger partial charge in [0.2, 0.25) is 5.28 Å². The molecule has 1 amide bonds. The van der Waals surface area contributed by atoms with E-state index >= 15 is 0 Å². The highest BCUT2D eigenvalue weighted by molar-refractivity contribution is 6.28. The average molecular weight is 229 g/mol. The molecule has 1 heterocycles.